The van der Waals surface area contributed by atoms with Crippen LogP contribution in [0, 0.1) is 23.7 Å². The summed E-state index contributed by atoms with van der Waals surface area (Å²) in [5.74, 6) is 3.06. The molecule has 0 aromatic carbocycles. The molecule has 3 atom stereocenters. The predicted molar refractivity (Wildman–Crippen MR) is 81.2 cm³/mol. The molecule has 3 unspecified atom stereocenters. The molecule has 1 amide bonds. The molecule has 3 heteroatoms. The number of hydrogen-bond donors (Lipinski definition) is 1. The minimum Gasteiger partial charge on any atom is -0.350 e. The average Bonchev–Trinajstić information content (AvgIpc) is 3.04. The lowest BCUT2D eigenvalue weighted by atomic mass is 9.77. The molecule has 2 nitrogen and oxygen atoms in total. The van der Waals surface area contributed by atoms with Crippen LogP contribution in [-0.2, 0) is 4.79 Å². The molecule has 2 bridgehead atoms. The molecule has 3 aliphatic rings. The Hall–Kier alpha value is -0.0500. The van der Waals surface area contributed by atoms with Gasteiger partial charge in [-0.1, -0.05) is 29.3 Å². The highest BCUT2D eigenvalue weighted by Gasteiger charge is 2.45. The van der Waals surface area contributed by atoms with Crippen molar-refractivity contribution in [3.8, 4) is 0 Å². The largest absolute Gasteiger partial charge is 0.350 e. The number of halogens is 1. The number of carbonyl (C=O) groups is 1. The first-order valence-corrected chi connectivity index (χ1v) is 9.12. The molecular weight excluding hydrogens is 302 g/mol. The summed E-state index contributed by atoms with van der Waals surface area (Å²) in [6.07, 6.45) is 9.93. The molecule has 0 aliphatic heterocycles. The van der Waals surface area contributed by atoms with Crippen LogP contribution >= 0.6 is 15.9 Å². The molecule has 0 spiro atoms. The van der Waals surface area contributed by atoms with Gasteiger partial charge < -0.3 is 5.32 Å². The Kier molecular flexibility index (Phi) is 3.94. The number of fused-ring (bicyclic) bond motifs is 2. The third kappa shape index (κ3) is 2.72. The third-order valence-electron chi connectivity index (χ3n) is 5.95. The van der Waals surface area contributed by atoms with Gasteiger partial charge in [0.1, 0.15) is 0 Å². The van der Waals surface area contributed by atoms with Crippen molar-refractivity contribution in [2.24, 2.45) is 23.7 Å². The fourth-order valence-electron chi connectivity index (χ4n) is 4.53. The van der Waals surface area contributed by atoms with E-state index in [0.717, 1.165) is 36.4 Å². The van der Waals surface area contributed by atoms with E-state index in [9.17, 15) is 4.79 Å². The SMILES string of the molecule is CC1CCC(CBr)(NC(=O)C2CC3CCC2C3)CC1. The van der Waals surface area contributed by atoms with Gasteiger partial charge in [-0.2, -0.15) is 0 Å². The van der Waals surface area contributed by atoms with E-state index < -0.39 is 0 Å². The second-order valence-electron chi connectivity index (χ2n) is 7.37. The van der Waals surface area contributed by atoms with Crippen LogP contribution in [0.15, 0.2) is 0 Å². The molecule has 3 rings (SSSR count). The molecule has 108 valence electrons. The van der Waals surface area contributed by atoms with Crippen LogP contribution in [0.25, 0.3) is 0 Å². The summed E-state index contributed by atoms with van der Waals surface area (Å²) in [5, 5.41) is 4.36. The van der Waals surface area contributed by atoms with Gasteiger partial charge in [0.2, 0.25) is 5.91 Å². The highest BCUT2D eigenvalue weighted by molar-refractivity contribution is 9.09. The van der Waals surface area contributed by atoms with Crippen LogP contribution in [0.4, 0.5) is 0 Å². The second-order valence-corrected chi connectivity index (χ2v) is 7.93. The van der Waals surface area contributed by atoms with E-state index in [-0.39, 0.29) is 5.54 Å². The number of alkyl halides is 1. The van der Waals surface area contributed by atoms with Crippen molar-refractivity contribution in [3.63, 3.8) is 0 Å². The normalized spacial score (nSPS) is 45.4. The number of amides is 1. The van der Waals surface area contributed by atoms with E-state index in [2.05, 4.69) is 28.2 Å². The van der Waals surface area contributed by atoms with Crippen LogP contribution in [0.1, 0.15) is 58.3 Å². The van der Waals surface area contributed by atoms with Gasteiger partial charge in [-0.3, -0.25) is 4.79 Å². The van der Waals surface area contributed by atoms with Gasteiger partial charge in [0, 0.05) is 16.8 Å². The summed E-state index contributed by atoms with van der Waals surface area (Å²) >= 11 is 3.65. The van der Waals surface area contributed by atoms with E-state index in [4.69, 9.17) is 0 Å². The molecule has 0 aromatic rings. The van der Waals surface area contributed by atoms with Gasteiger partial charge in [0.25, 0.3) is 0 Å². The Morgan fingerprint density at radius 2 is 1.95 bits per heavy atom. The molecular formula is C16H26BrNO. The summed E-state index contributed by atoms with van der Waals surface area (Å²) in [7, 11) is 0. The number of rotatable bonds is 3. The van der Waals surface area contributed by atoms with Crippen LogP contribution in [-0.4, -0.2) is 16.8 Å². The molecule has 3 aliphatic carbocycles. The zero-order chi connectivity index (χ0) is 13.5. The molecule has 0 radical (unpaired) electrons. The number of hydrogen-bond acceptors (Lipinski definition) is 1. The molecule has 0 heterocycles. The van der Waals surface area contributed by atoms with Crippen molar-refractivity contribution >= 4 is 21.8 Å². The van der Waals surface area contributed by atoms with Crippen molar-refractivity contribution < 1.29 is 4.79 Å². The van der Waals surface area contributed by atoms with Crippen molar-refractivity contribution in [2.75, 3.05) is 5.33 Å². The van der Waals surface area contributed by atoms with Crippen LogP contribution < -0.4 is 5.32 Å². The minimum atomic E-state index is 0.0471. The first-order chi connectivity index (χ1) is 9.12. The first-order valence-electron chi connectivity index (χ1n) is 8.00. The summed E-state index contributed by atoms with van der Waals surface area (Å²) < 4.78 is 0. The summed E-state index contributed by atoms with van der Waals surface area (Å²) in [5.41, 5.74) is 0.0471. The second kappa shape index (κ2) is 5.38. The monoisotopic (exact) mass is 327 g/mol. The molecule has 3 fully saturated rings. The molecule has 3 saturated carbocycles. The molecule has 0 saturated heterocycles. The van der Waals surface area contributed by atoms with Crippen molar-refractivity contribution in [1.82, 2.24) is 5.32 Å². The summed E-state index contributed by atoms with van der Waals surface area (Å²) in [6, 6.07) is 0. The fraction of sp³-hybridized carbons (Fsp3) is 0.938. The van der Waals surface area contributed by atoms with E-state index in [0.29, 0.717) is 17.7 Å². The summed E-state index contributed by atoms with van der Waals surface area (Å²) in [6.45, 7) is 2.33. The van der Waals surface area contributed by atoms with Crippen LogP contribution in [0.5, 0.6) is 0 Å². The van der Waals surface area contributed by atoms with Gasteiger partial charge in [-0.25, -0.2) is 0 Å². The standard InChI is InChI=1S/C16H26BrNO/c1-11-4-6-16(10-17,7-5-11)18-15(19)14-9-12-2-3-13(14)8-12/h11-14H,2-10H2,1H3,(H,18,19). The molecule has 0 aromatic heterocycles. The topological polar surface area (TPSA) is 29.1 Å². The Bertz CT molecular complexity index is 349. The van der Waals surface area contributed by atoms with Crippen molar-refractivity contribution in [2.45, 2.75) is 63.8 Å². The highest BCUT2D eigenvalue weighted by atomic mass is 79.9. The molecule has 1 N–H and O–H groups in total. The quantitative estimate of drug-likeness (QED) is 0.783. The summed E-state index contributed by atoms with van der Waals surface area (Å²) in [4.78, 5) is 12.6. The van der Waals surface area contributed by atoms with Gasteiger partial charge >= 0.3 is 0 Å². The lowest BCUT2D eigenvalue weighted by Gasteiger charge is -2.40. The van der Waals surface area contributed by atoms with Gasteiger partial charge in [0.15, 0.2) is 0 Å². The Morgan fingerprint density at radius 1 is 1.21 bits per heavy atom. The molecule has 19 heavy (non-hydrogen) atoms. The smallest absolute Gasteiger partial charge is 0.223 e. The maximum absolute atomic E-state index is 12.6. The highest BCUT2D eigenvalue weighted by Crippen LogP contribution is 2.48. The van der Waals surface area contributed by atoms with Crippen LogP contribution in [0.2, 0.25) is 0 Å². The minimum absolute atomic E-state index is 0.0471. The van der Waals surface area contributed by atoms with E-state index in [1.54, 1.807) is 0 Å². The average molecular weight is 328 g/mol. The maximum Gasteiger partial charge on any atom is 0.223 e. The third-order valence-corrected chi connectivity index (χ3v) is 7.02. The van der Waals surface area contributed by atoms with Crippen molar-refractivity contribution in [3.05, 3.63) is 0 Å². The first kappa shape index (κ1) is 13.9. The van der Waals surface area contributed by atoms with Gasteiger partial charge in [0.05, 0.1) is 0 Å². The zero-order valence-corrected chi connectivity index (χ0v) is 13.5. The number of nitrogens with one attached hydrogen (secondary N) is 1. The van der Waals surface area contributed by atoms with E-state index >= 15 is 0 Å². The van der Waals surface area contributed by atoms with Crippen LogP contribution in [0.3, 0.4) is 0 Å². The fourth-order valence-corrected chi connectivity index (χ4v) is 5.23. The van der Waals surface area contributed by atoms with Crippen molar-refractivity contribution in [1.29, 1.82) is 0 Å². The zero-order valence-electron chi connectivity index (χ0n) is 12.0. The Balaban J connectivity index is 1.61. The lowest BCUT2D eigenvalue weighted by Crippen LogP contribution is -2.54. The Labute approximate surface area is 125 Å². The maximum atomic E-state index is 12.6. The van der Waals surface area contributed by atoms with Gasteiger partial charge in [-0.15, -0.1) is 0 Å². The van der Waals surface area contributed by atoms with E-state index in [1.807, 2.05) is 0 Å². The van der Waals surface area contributed by atoms with Gasteiger partial charge in [-0.05, 0) is 62.7 Å². The Morgan fingerprint density at radius 3 is 2.47 bits per heavy atom. The lowest BCUT2D eigenvalue weighted by molar-refractivity contribution is -0.128. The predicted octanol–water partition coefficient (Wildman–Crippen LogP) is 3.88. The number of carbonyl (C=O) groups excluding carboxylic acids is 1. The van der Waals surface area contributed by atoms with E-state index in [1.165, 1.54) is 32.1 Å².